The molecule has 0 saturated heterocycles. The third-order valence-electron chi connectivity index (χ3n) is 1.51. The van der Waals surface area contributed by atoms with E-state index in [1.54, 1.807) is 0 Å². The van der Waals surface area contributed by atoms with Crippen LogP contribution in [0, 0.1) is 12.3 Å². The van der Waals surface area contributed by atoms with Crippen LogP contribution in [0.15, 0.2) is 18.2 Å². The van der Waals surface area contributed by atoms with Crippen LogP contribution in [0.2, 0.25) is 0 Å². The molecule has 0 saturated carbocycles. The molecule has 0 unspecified atom stereocenters. The van der Waals surface area contributed by atoms with E-state index in [0.29, 0.717) is 5.69 Å². The highest BCUT2D eigenvalue weighted by molar-refractivity contribution is 5.85. The third-order valence-corrected chi connectivity index (χ3v) is 1.51. The summed E-state index contributed by atoms with van der Waals surface area (Å²) in [6.07, 6.45) is 1.27. The lowest BCUT2D eigenvalue weighted by atomic mass is 10.1. The molecule has 1 aromatic carbocycles. The van der Waals surface area contributed by atoms with Crippen LogP contribution in [0.25, 0.3) is 0 Å². The molecular formula is C10H16N2. The molecule has 0 atom stereocenters. The van der Waals surface area contributed by atoms with Crippen molar-refractivity contribution in [3.63, 3.8) is 0 Å². The normalized spacial score (nSPS) is 8.25. The Morgan fingerprint density at radius 2 is 1.92 bits per heavy atom. The molecule has 12 heavy (non-hydrogen) atoms. The molecule has 0 amide bonds. The quantitative estimate of drug-likeness (QED) is 0.486. The van der Waals surface area contributed by atoms with E-state index in [1.807, 2.05) is 39.0 Å². The standard InChI is InChI=1S/C8H10N2.C2H6/c1-6-3-2-4-7(5-9)8(6)10;1-2/h2-5,9H,10H2,1H3;1-2H3. The van der Waals surface area contributed by atoms with Gasteiger partial charge in [0, 0.05) is 17.5 Å². The molecule has 1 aromatic rings. The zero-order valence-corrected chi connectivity index (χ0v) is 7.89. The Bertz CT molecular complexity index is 254. The van der Waals surface area contributed by atoms with E-state index < -0.39 is 0 Å². The van der Waals surface area contributed by atoms with Crippen LogP contribution in [-0.4, -0.2) is 6.21 Å². The van der Waals surface area contributed by atoms with Gasteiger partial charge in [0.25, 0.3) is 0 Å². The summed E-state index contributed by atoms with van der Waals surface area (Å²) in [7, 11) is 0. The Balaban J connectivity index is 0.000000561. The van der Waals surface area contributed by atoms with E-state index in [2.05, 4.69) is 0 Å². The second-order valence-corrected chi connectivity index (χ2v) is 2.22. The summed E-state index contributed by atoms with van der Waals surface area (Å²) < 4.78 is 0. The fourth-order valence-electron chi connectivity index (χ4n) is 0.829. The van der Waals surface area contributed by atoms with E-state index >= 15 is 0 Å². The maximum Gasteiger partial charge on any atom is 0.0432 e. The van der Waals surface area contributed by atoms with Crippen molar-refractivity contribution in [3.05, 3.63) is 29.3 Å². The molecule has 3 N–H and O–H groups in total. The highest BCUT2D eigenvalue weighted by Gasteiger charge is 1.95. The van der Waals surface area contributed by atoms with Gasteiger partial charge in [0.05, 0.1) is 0 Å². The van der Waals surface area contributed by atoms with E-state index in [-0.39, 0.29) is 0 Å². The second kappa shape index (κ2) is 5.35. The molecule has 2 nitrogen and oxygen atoms in total. The lowest BCUT2D eigenvalue weighted by Gasteiger charge is -2.01. The van der Waals surface area contributed by atoms with Crippen LogP contribution in [0.1, 0.15) is 25.0 Å². The molecule has 2 heteroatoms. The first-order valence-corrected chi connectivity index (χ1v) is 4.11. The molecule has 0 aliphatic heterocycles. The van der Waals surface area contributed by atoms with Crippen LogP contribution in [-0.2, 0) is 0 Å². The van der Waals surface area contributed by atoms with Gasteiger partial charge >= 0.3 is 0 Å². The van der Waals surface area contributed by atoms with Crippen molar-refractivity contribution >= 4 is 11.9 Å². The number of nitrogens with one attached hydrogen (secondary N) is 1. The highest BCUT2D eigenvalue weighted by atomic mass is 14.6. The number of hydrogen-bond acceptors (Lipinski definition) is 2. The predicted molar refractivity (Wildman–Crippen MR) is 54.8 cm³/mol. The number of nitrogen functional groups attached to an aromatic ring is 1. The van der Waals surface area contributed by atoms with Crippen molar-refractivity contribution in [2.75, 3.05) is 5.73 Å². The van der Waals surface area contributed by atoms with Crippen LogP contribution in [0.3, 0.4) is 0 Å². The summed E-state index contributed by atoms with van der Waals surface area (Å²) in [4.78, 5) is 0. The van der Waals surface area contributed by atoms with Crippen molar-refractivity contribution in [1.29, 1.82) is 5.41 Å². The Kier molecular flexibility index (Phi) is 4.77. The van der Waals surface area contributed by atoms with Gasteiger partial charge in [0.1, 0.15) is 0 Å². The van der Waals surface area contributed by atoms with Gasteiger partial charge in [-0.15, -0.1) is 0 Å². The van der Waals surface area contributed by atoms with Gasteiger partial charge in [0.2, 0.25) is 0 Å². The van der Waals surface area contributed by atoms with Crippen molar-refractivity contribution in [2.24, 2.45) is 0 Å². The van der Waals surface area contributed by atoms with E-state index in [1.165, 1.54) is 6.21 Å². The first-order valence-electron chi connectivity index (χ1n) is 4.11. The number of hydrogen-bond donors (Lipinski definition) is 2. The van der Waals surface area contributed by atoms with Crippen molar-refractivity contribution < 1.29 is 0 Å². The monoisotopic (exact) mass is 164 g/mol. The fourth-order valence-corrected chi connectivity index (χ4v) is 0.829. The summed E-state index contributed by atoms with van der Waals surface area (Å²) in [5, 5.41) is 6.98. The molecule has 0 fully saturated rings. The van der Waals surface area contributed by atoms with Gasteiger partial charge < -0.3 is 11.1 Å². The van der Waals surface area contributed by atoms with Gasteiger partial charge in [-0.25, -0.2) is 0 Å². The fraction of sp³-hybridized carbons (Fsp3) is 0.300. The summed E-state index contributed by atoms with van der Waals surface area (Å²) in [5.74, 6) is 0. The Morgan fingerprint density at radius 3 is 2.33 bits per heavy atom. The van der Waals surface area contributed by atoms with E-state index in [0.717, 1.165) is 11.1 Å². The third kappa shape index (κ3) is 2.38. The molecular weight excluding hydrogens is 148 g/mol. The minimum Gasteiger partial charge on any atom is -0.398 e. The number of rotatable bonds is 1. The molecule has 0 aliphatic carbocycles. The van der Waals surface area contributed by atoms with Crippen LogP contribution >= 0.6 is 0 Å². The van der Waals surface area contributed by atoms with Crippen LogP contribution < -0.4 is 5.73 Å². The summed E-state index contributed by atoms with van der Waals surface area (Å²) in [6, 6.07) is 5.66. The lowest BCUT2D eigenvalue weighted by Crippen LogP contribution is -1.94. The topological polar surface area (TPSA) is 49.9 Å². The zero-order valence-electron chi connectivity index (χ0n) is 7.89. The van der Waals surface area contributed by atoms with E-state index in [9.17, 15) is 0 Å². The number of benzene rings is 1. The number of para-hydroxylation sites is 1. The molecule has 1 rings (SSSR count). The molecule has 0 radical (unpaired) electrons. The lowest BCUT2D eigenvalue weighted by molar-refractivity contribution is 1.45. The number of aryl methyl sites for hydroxylation is 1. The minimum absolute atomic E-state index is 0.706. The maximum atomic E-state index is 6.98. The number of anilines is 1. The molecule has 0 bridgehead atoms. The molecule has 0 aliphatic rings. The molecule has 0 heterocycles. The van der Waals surface area contributed by atoms with Gasteiger partial charge in [-0.05, 0) is 12.5 Å². The molecule has 66 valence electrons. The SMILES string of the molecule is CC.Cc1cccc(C=N)c1N. The average Bonchev–Trinajstić information content (AvgIpc) is 2.13. The van der Waals surface area contributed by atoms with Gasteiger partial charge in [-0.1, -0.05) is 32.0 Å². The second-order valence-electron chi connectivity index (χ2n) is 2.22. The Hall–Kier alpha value is -1.31. The van der Waals surface area contributed by atoms with Crippen LogP contribution in [0.4, 0.5) is 5.69 Å². The summed E-state index contributed by atoms with van der Waals surface area (Å²) in [6.45, 7) is 5.93. The summed E-state index contributed by atoms with van der Waals surface area (Å²) in [5.41, 5.74) is 8.17. The van der Waals surface area contributed by atoms with Gasteiger partial charge in [0.15, 0.2) is 0 Å². The zero-order chi connectivity index (χ0) is 9.56. The highest BCUT2D eigenvalue weighted by Crippen LogP contribution is 2.13. The first kappa shape index (κ1) is 10.7. The number of nitrogens with two attached hydrogens (primary N) is 1. The molecule has 0 aromatic heterocycles. The predicted octanol–water partition coefficient (Wildman–Crippen LogP) is 2.60. The molecule has 0 spiro atoms. The maximum absolute atomic E-state index is 6.98. The van der Waals surface area contributed by atoms with Crippen molar-refractivity contribution in [1.82, 2.24) is 0 Å². The Labute approximate surface area is 73.9 Å². The van der Waals surface area contributed by atoms with Gasteiger partial charge in [-0.2, -0.15) is 0 Å². The Morgan fingerprint density at radius 1 is 1.33 bits per heavy atom. The van der Waals surface area contributed by atoms with E-state index in [4.69, 9.17) is 11.1 Å². The largest absolute Gasteiger partial charge is 0.398 e. The van der Waals surface area contributed by atoms with Crippen molar-refractivity contribution in [2.45, 2.75) is 20.8 Å². The smallest absolute Gasteiger partial charge is 0.0432 e. The minimum atomic E-state index is 0.706. The van der Waals surface area contributed by atoms with Crippen LogP contribution in [0.5, 0.6) is 0 Å². The van der Waals surface area contributed by atoms with Gasteiger partial charge in [-0.3, -0.25) is 0 Å². The summed E-state index contributed by atoms with van der Waals surface area (Å²) >= 11 is 0. The van der Waals surface area contributed by atoms with Crippen molar-refractivity contribution in [3.8, 4) is 0 Å². The average molecular weight is 164 g/mol. The first-order chi connectivity index (χ1) is 5.75.